The minimum Gasteiger partial charge on any atom is -0.318 e. The van der Waals surface area contributed by atoms with E-state index in [1.54, 1.807) is 6.21 Å². The Morgan fingerprint density at radius 2 is 1.80 bits per heavy atom. The van der Waals surface area contributed by atoms with Crippen molar-refractivity contribution in [1.29, 1.82) is 0 Å². The molecule has 3 aromatic rings. The molecular weight excluding hydrogens is 414 g/mol. The van der Waals surface area contributed by atoms with Gasteiger partial charge in [-0.25, -0.2) is 5.43 Å². The SMILES string of the molecule is Cc1cc(/C=N\NC(=O)CSc2ccc(Cl)cc2)c(C)n1-c1ccc(C(C)C)cc1. The van der Waals surface area contributed by atoms with Gasteiger partial charge in [-0.15, -0.1) is 11.8 Å². The Bertz CT molecular complexity index is 1040. The molecule has 0 aliphatic rings. The topological polar surface area (TPSA) is 46.4 Å². The van der Waals surface area contributed by atoms with Crippen LogP contribution in [0.1, 0.15) is 42.3 Å². The highest BCUT2D eigenvalue weighted by molar-refractivity contribution is 8.00. The largest absolute Gasteiger partial charge is 0.318 e. The molecule has 0 saturated carbocycles. The Labute approximate surface area is 187 Å². The summed E-state index contributed by atoms with van der Waals surface area (Å²) in [6, 6.07) is 18.1. The fraction of sp³-hybridized carbons (Fsp3) is 0.250. The minimum atomic E-state index is -0.149. The van der Waals surface area contributed by atoms with E-state index >= 15 is 0 Å². The highest BCUT2D eigenvalue weighted by Crippen LogP contribution is 2.22. The van der Waals surface area contributed by atoms with Gasteiger partial charge in [-0.3, -0.25) is 4.79 Å². The minimum absolute atomic E-state index is 0.149. The van der Waals surface area contributed by atoms with Crippen LogP contribution in [0.5, 0.6) is 0 Å². The van der Waals surface area contributed by atoms with Gasteiger partial charge >= 0.3 is 0 Å². The highest BCUT2D eigenvalue weighted by atomic mass is 35.5. The van der Waals surface area contributed by atoms with E-state index in [2.05, 4.69) is 73.1 Å². The van der Waals surface area contributed by atoms with Crippen LogP contribution in [-0.4, -0.2) is 22.4 Å². The van der Waals surface area contributed by atoms with Crippen molar-refractivity contribution in [3.8, 4) is 5.69 Å². The van der Waals surface area contributed by atoms with Crippen molar-refractivity contribution in [1.82, 2.24) is 9.99 Å². The zero-order valence-corrected chi connectivity index (χ0v) is 19.2. The molecule has 6 heteroatoms. The van der Waals surface area contributed by atoms with Crippen LogP contribution in [0.3, 0.4) is 0 Å². The normalized spacial score (nSPS) is 11.4. The predicted molar refractivity (Wildman–Crippen MR) is 127 cm³/mol. The van der Waals surface area contributed by atoms with Crippen molar-refractivity contribution in [3.63, 3.8) is 0 Å². The molecule has 2 aromatic carbocycles. The number of hydrazone groups is 1. The number of nitrogens with one attached hydrogen (secondary N) is 1. The molecule has 30 heavy (non-hydrogen) atoms. The van der Waals surface area contributed by atoms with Crippen LogP contribution >= 0.6 is 23.4 Å². The number of nitrogens with zero attached hydrogens (tertiary/aromatic N) is 2. The van der Waals surface area contributed by atoms with Crippen molar-refractivity contribution >= 4 is 35.5 Å². The Kier molecular flexibility index (Phi) is 7.40. The maximum absolute atomic E-state index is 12.1. The highest BCUT2D eigenvalue weighted by Gasteiger charge is 2.10. The van der Waals surface area contributed by atoms with Gasteiger partial charge in [-0.05, 0) is 67.8 Å². The Morgan fingerprint density at radius 3 is 2.43 bits per heavy atom. The molecule has 1 heterocycles. The van der Waals surface area contributed by atoms with Gasteiger partial charge in [0.1, 0.15) is 0 Å². The van der Waals surface area contributed by atoms with Gasteiger partial charge in [-0.1, -0.05) is 37.6 Å². The summed E-state index contributed by atoms with van der Waals surface area (Å²) in [5.41, 5.74) is 8.23. The van der Waals surface area contributed by atoms with Crippen LogP contribution in [-0.2, 0) is 4.79 Å². The molecule has 0 atom stereocenters. The van der Waals surface area contributed by atoms with Crippen molar-refractivity contribution in [2.45, 2.75) is 38.5 Å². The number of aryl methyl sites for hydroxylation is 1. The van der Waals surface area contributed by atoms with Gasteiger partial charge in [-0.2, -0.15) is 5.10 Å². The fourth-order valence-corrected chi connectivity index (χ4v) is 4.03. The quantitative estimate of drug-likeness (QED) is 0.274. The lowest BCUT2D eigenvalue weighted by Crippen LogP contribution is -2.19. The summed E-state index contributed by atoms with van der Waals surface area (Å²) in [6.45, 7) is 8.51. The van der Waals surface area contributed by atoms with Gasteiger partial charge < -0.3 is 4.57 Å². The van der Waals surface area contributed by atoms with Crippen molar-refractivity contribution in [2.75, 3.05) is 5.75 Å². The maximum atomic E-state index is 12.1. The molecule has 4 nitrogen and oxygen atoms in total. The molecule has 0 spiro atoms. The molecule has 1 N–H and O–H groups in total. The smallest absolute Gasteiger partial charge is 0.250 e. The first-order valence-electron chi connectivity index (χ1n) is 9.84. The van der Waals surface area contributed by atoms with E-state index in [0.717, 1.165) is 27.5 Å². The van der Waals surface area contributed by atoms with Gasteiger partial charge in [0.25, 0.3) is 0 Å². The maximum Gasteiger partial charge on any atom is 0.250 e. The van der Waals surface area contributed by atoms with E-state index in [0.29, 0.717) is 16.7 Å². The van der Waals surface area contributed by atoms with Crippen molar-refractivity contribution in [3.05, 3.63) is 82.1 Å². The van der Waals surface area contributed by atoms with E-state index in [1.807, 2.05) is 24.3 Å². The monoisotopic (exact) mass is 439 g/mol. The van der Waals surface area contributed by atoms with E-state index in [4.69, 9.17) is 11.6 Å². The first kappa shape index (κ1) is 22.2. The average Bonchev–Trinajstić information content (AvgIpc) is 3.01. The second kappa shape index (κ2) is 10.0. The lowest BCUT2D eigenvalue weighted by atomic mass is 10.0. The van der Waals surface area contributed by atoms with Crippen LogP contribution in [0.4, 0.5) is 0 Å². The van der Waals surface area contributed by atoms with Gasteiger partial charge in [0, 0.05) is 32.6 Å². The second-order valence-corrected chi connectivity index (χ2v) is 8.93. The number of hydrogen-bond acceptors (Lipinski definition) is 3. The van der Waals surface area contributed by atoms with Crippen LogP contribution < -0.4 is 5.43 Å². The van der Waals surface area contributed by atoms with Gasteiger partial charge in [0.2, 0.25) is 5.91 Å². The molecule has 3 rings (SSSR count). The van der Waals surface area contributed by atoms with E-state index in [1.165, 1.54) is 17.3 Å². The van der Waals surface area contributed by atoms with Crippen LogP contribution in [0, 0.1) is 13.8 Å². The number of amides is 1. The number of carbonyl (C=O) groups is 1. The molecule has 0 fully saturated rings. The van der Waals surface area contributed by atoms with Crippen LogP contribution in [0.15, 0.2) is 64.6 Å². The van der Waals surface area contributed by atoms with Gasteiger partial charge in [0.15, 0.2) is 0 Å². The molecule has 0 unspecified atom stereocenters. The zero-order chi connectivity index (χ0) is 21.7. The lowest BCUT2D eigenvalue weighted by molar-refractivity contribution is -0.118. The van der Waals surface area contributed by atoms with Crippen LogP contribution in [0.2, 0.25) is 5.02 Å². The molecule has 0 saturated heterocycles. The zero-order valence-electron chi connectivity index (χ0n) is 17.6. The third-order valence-electron chi connectivity index (χ3n) is 4.86. The van der Waals surface area contributed by atoms with Crippen molar-refractivity contribution < 1.29 is 4.79 Å². The van der Waals surface area contributed by atoms with Crippen molar-refractivity contribution in [2.24, 2.45) is 5.10 Å². The average molecular weight is 440 g/mol. The molecule has 1 amide bonds. The first-order chi connectivity index (χ1) is 14.3. The first-order valence-corrected chi connectivity index (χ1v) is 11.2. The summed E-state index contributed by atoms with van der Waals surface area (Å²) in [4.78, 5) is 13.1. The third kappa shape index (κ3) is 5.55. The number of halogens is 1. The van der Waals surface area contributed by atoms with E-state index < -0.39 is 0 Å². The number of aromatic nitrogens is 1. The summed E-state index contributed by atoms with van der Waals surface area (Å²) >= 11 is 7.32. The molecule has 156 valence electrons. The van der Waals surface area contributed by atoms with E-state index in [-0.39, 0.29) is 5.91 Å². The predicted octanol–water partition coefficient (Wildman–Crippen LogP) is 6.11. The molecule has 0 aliphatic heterocycles. The second-order valence-electron chi connectivity index (χ2n) is 7.44. The summed E-state index contributed by atoms with van der Waals surface area (Å²) < 4.78 is 2.20. The van der Waals surface area contributed by atoms with Crippen LogP contribution in [0.25, 0.3) is 5.69 Å². The molecule has 1 aromatic heterocycles. The van der Waals surface area contributed by atoms with Gasteiger partial charge in [0.05, 0.1) is 12.0 Å². The third-order valence-corrected chi connectivity index (χ3v) is 6.13. The number of benzene rings is 2. The summed E-state index contributed by atoms with van der Waals surface area (Å²) in [5.74, 6) is 0.652. The standard InChI is InChI=1S/C24H26ClN3OS/c1-16(2)19-5-9-22(10-6-19)28-17(3)13-20(18(28)4)14-26-27-24(29)15-30-23-11-7-21(25)8-12-23/h5-14,16H,15H2,1-4H3,(H,27,29)/b26-14-. The van der Waals surface area contributed by atoms with E-state index in [9.17, 15) is 4.79 Å². The molecular formula is C24H26ClN3OS. The molecule has 0 bridgehead atoms. The number of carbonyl (C=O) groups excluding carboxylic acids is 1. The Morgan fingerprint density at radius 1 is 1.13 bits per heavy atom. The summed E-state index contributed by atoms with van der Waals surface area (Å²) in [6.07, 6.45) is 1.70. The Balaban J connectivity index is 1.62. The summed E-state index contributed by atoms with van der Waals surface area (Å²) in [7, 11) is 0. The number of rotatable bonds is 7. The number of hydrogen-bond donors (Lipinski definition) is 1. The molecule has 0 aliphatic carbocycles. The summed E-state index contributed by atoms with van der Waals surface area (Å²) in [5, 5.41) is 4.82. The lowest BCUT2D eigenvalue weighted by Gasteiger charge is -2.12. The number of thioether (sulfide) groups is 1. The molecule has 0 radical (unpaired) electrons. The fourth-order valence-electron chi connectivity index (χ4n) is 3.21. The Hall–Kier alpha value is -2.50.